The number of hydrogen-bond donors (Lipinski definition) is 0. The number of benzene rings is 2. The van der Waals surface area contributed by atoms with Crippen LogP contribution in [0.2, 0.25) is 0 Å². The minimum atomic E-state index is -0.147. The van der Waals surface area contributed by atoms with Crippen molar-refractivity contribution < 1.29 is 9.21 Å². The standard InChI is InChI=1S/C25H27N3O2S/c1-15(2)28(6)23-22(21-14-16-9-7-8-10-20(16)30-21)26-18-12-11-17(13-19(18)27-23)24(29)31-25(3,4)5/h7-15H,1-6H3. The lowest BCUT2D eigenvalue weighted by molar-refractivity contribution is 0.108. The van der Waals surface area contributed by atoms with Gasteiger partial charge in [0.15, 0.2) is 11.6 Å². The van der Waals surface area contributed by atoms with Gasteiger partial charge in [0.1, 0.15) is 11.3 Å². The number of carbonyl (C=O) groups excluding carboxylic acids is 1. The zero-order chi connectivity index (χ0) is 22.3. The van der Waals surface area contributed by atoms with E-state index in [0.717, 1.165) is 22.3 Å². The number of fused-ring (bicyclic) bond motifs is 2. The molecule has 0 amide bonds. The van der Waals surface area contributed by atoms with Gasteiger partial charge in [-0.25, -0.2) is 9.97 Å². The van der Waals surface area contributed by atoms with Crippen molar-refractivity contribution in [2.75, 3.05) is 11.9 Å². The Morgan fingerprint density at radius 1 is 1.03 bits per heavy atom. The number of nitrogens with zero attached hydrogens (tertiary/aromatic N) is 3. The van der Waals surface area contributed by atoms with E-state index in [1.807, 2.05) is 76.3 Å². The fourth-order valence-corrected chi connectivity index (χ4v) is 4.06. The highest BCUT2D eigenvalue weighted by molar-refractivity contribution is 8.15. The maximum Gasteiger partial charge on any atom is 0.219 e. The third kappa shape index (κ3) is 4.44. The van der Waals surface area contributed by atoms with Gasteiger partial charge in [-0.3, -0.25) is 4.79 Å². The Morgan fingerprint density at radius 3 is 2.45 bits per heavy atom. The second-order valence-electron chi connectivity index (χ2n) is 8.95. The van der Waals surface area contributed by atoms with Crippen molar-refractivity contribution in [3.63, 3.8) is 0 Å². The van der Waals surface area contributed by atoms with Crippen LogP contribution in [0.1, 0.15) is 45.0 Å². The van der Waals surface area contributed by atoms with Crippen molar-refractivity contribution in [3.8, 4) is 11.5 Å². The normalized spacial score (nSPS) is 12.1. The molecule has 0 aliphatic heterocycles. The molecule has 4 rings (SSSR count). The van der Waals surface area contributed by atoms with Crippen molar-refractivity contribution in [1.29, 1.82) is 0 Å². The fourth-order valence-electron chi connectivity index (χ4n) is 3.26. The second-order valence-corrected chi connectivity index (χ2v) is 10.8. The summed E-state index contributed by atoms with van der Waals surface area (Å²) in [4.78, 5) is 24.6. The number of carbonyl (C=O) groups is 1. The summed E-state index contributed by atoms with van der Waals surface area (Å²) in [5, 5.41) is 1.06. The lowest BCUT2D eigenvalue weighted by atomic mass is 10.1. The second kappa shape index (κ2) is 8.00. The topological polar surface area (TPSA) is 59.2 Å². The minimum Gasteiger partial charge on any atom is -0.454 e. The van der Waals surface area contributed by atoms with Crippen molar-refractivity contribution in [1.82, 2.24) is 9.97 Å². The van der Waals surface area contributed by atoms with E-state index >= 15 is 0 Å². The van der Waals surface area contributed by atoms with Gasteiger partial charge in [-0.2, -0.15) is 0 Å². The maximum absolute atomic E-state index is 12.7. The van der Waals surface area contributed by atoms with Gasteiger partial charge in [0.2, 0.25) is 5.12 Å². The van der Waals surface area contributed by atoms with Crippen LogP contribution >= 0.6 is 11.8 Å². The number of aromatic nitrogens is 2. The van der Waals surface area contributed by atoms with E-state index in [-0.39, 0.29) is 15.9 Å². The first-order valence-electron chi connectivity index (χ1n) is 10.4. The molecule has 0 saturated carbocycles. The molecule has 0 radical (unpaired) electrons. The van der Waals surface area contributed by atoms with Gasteiger partial charge in [-0.1, -0.05) is 50.7 Å². The van der Waals surface area contributed by atoms with Crippen LogP contribution in [0.15, 0.2) is 52.9 Å². The Hall–Kier alpha value is -2.86. The molecule has 31 heavy (non-hydrogen) atoms. The third-order valence-electron chi connectivity index (χ3n) is 5.05. The molecular weight excluding hydrogens is 406 g/mol. The molecule has 0 unspecified atom stereocenters. The number of hydrogen-bond acceptors (Lipinski definition) is 6. The van der Waals surface area contributed by atoms with Gasteiger partial charge in [0.25, 0.3) is 0 Å². The first kappa shape index (κ1) is 21.4. The SMILES string of the molecule is CC(C)N(C)c1nc2cc(C(=O)SC(C)(C)C)ccc2nc1-c1cc2ccccc2o1. The average Bonchev–Trinajstić information content (AvgIpc) is 3.14. The van der Waals surface area contributed by atoms with Crippen LogP contribution in [-0.4, -0.2) is 32.9 Å². The first-order valence-corrected chi connectivity index (χ1v) is 11.2. The summed E-state index contributed by atoms with van der Waals surface area (Å²) in [7, 11) is 2.00. The van der Waals surface area contributed by atoms with Gasteiger partial charge >= 0.3 is 0 Å². The van der Waals surface area contributed by atoms with Crippen molar-refractivity contribution in [2.24, 2.45) is 0 Å². The Labute approximate surface area is 186 Å². The van der Waals surface area contributed by atoms with Crippen LogP contribution in [-0.2, 0) is 0 Å². The highest BCUT2D eigenvalue weighted by Gasteiger charge is 2.22. The third-order valence-corrected chi connectivity index (χ3v) is 6.08. The number of anilines is 1. The van der Waals surface area contributed by atoms with Crippen LogP contribution in [0.5, 0.6) is 0 Å². The maximum atomic E-state index is 12.7. The first-order chi connectivity index (χ1) is 14.6. The van der Waals surface area contributed by atoms with E-state index in [1.165, 1.54) is 11.8 Å². The number of furan rings is 1. The molecule has 0 aliphatic carbocycles. The molecule has 2 heterocycles. The minimum absolute atomic E-state index is 0.0383. The molecule has 0 fully saturated rings. The number of thioether (sulfide) groups is 1. The summed E-state index contributed by atoms with van der Waals surface area (Å²) < 4.78 is 5.96. The largest absolute Gasteiger partial charge is 0.454 e. The molecule has 160 valence electrons. The summed E-state index contributed by atoms with van der Waals surface area (Å²) in [5.74, 6) is 1.41. The molecule has 2 aromatic heterocycles. The molecule has 0 atom stereocenters. The van der Waals surface area contributed by atoms with Gasteiger partial charge in [-0.15, -0.1) is 0 Å². The van der Waals surface area contributed by atoms with E-state index in [2.05, 4.69) is 18.7 Å². The summed E-state index contributed by atoms with van der Waals surface area (Å²) in [6.45, 7) is 10.3. The summed E-state index contributed by atoms with van der Waals surface area (Å²) in [6, 6.07) is 15.7. The van der Waals surface area contributed by atoms with E-state index in [0.29, 0.717) is 22.5 Å². The zero-order valence-corrected chi connectivity index (χ0v) is 19.6. The highest BCUT2D eigenvalue weighted by Crippen LogP contribution is 2.35. The Morgan fingerprint density at radius 2 is 1.77 bits per heavy atom. The monoisotopic (exact) mass is 433 g/mol. The molecule has 2 aromatic carbocycles. The molecule has 0 saturated heterocycles. The predicted octanol–water partition coefficient (Wildman–Crippen LogP) is 6.56. The van der Waals surface area contributed by atoms with Gasteiger partial charge in [-0.05, 0) is 44.2 Å². The lowest BCUT2D eigenvalue weighted by Gasteiger charge is -2.24. The van der Waals surface area contributed by atoms with Crippen molar-refractivity contribution >= 4 is 44.7 Å². The molecule has 0 spiro atoms. The van der Waals surface area contributed by atoms with E-state index < -0.39 is 0 Å². The average molecular weight is 434 g/mol. The van der Waals surface area contributed by atoms with Crippen LogP contribution in [0.25, 0.3) is 33.5 Å². The zero-order valence-electron chi connectivity index (χ0n) is 18.8. The fraction of sp³-hybridized carbons (Fsp3) is 0.320. The Balaban J connectivity index is 1.86. The van der Waals surface area contributed by atoms with E-state index in [1.54, 1.807) is 0 Å². The van der Waals surface area contributed by atoms with Gasteiger partial charge in [0, 0.05) is 28.8 Å². The van der Waals surface area contributed by atoms with Crippen LogP contribution in [0.4, 0.5) is 5.82 Å². The van der Waals surface area contributed by atoms with Gasteiger partial charge < -0.3 is 9.32 Å². The molecule has 0 N–H and O–H groups in total. The van der Waals surface area contributed by atoms with Crippen LogP contribution in [0.3, 0.4) is 0 Å². The Bertz CT molecular complexity index is 1240. The van der Waals surface area contributed by atoms with Crippen LogP contribution in [0, 0.1) is 0 Å². The van der Waals surface area contributed by atoms with Crippen LogP contribution < -0.4 is 4.90 Å². The Kier molecular flexibility index (Phi) is 5.52. The number of para-hydroxylation sites is 1. The van der Waals surface area contributed by atoms with Crippen molar-refractivity contribution in [3.05, 3.63) is 54.1 Å². The molecule has 6 heteroatoms. The highest BCUT2D eigenvalue weighted by atomic mass is 32.2. The summed E-state index contributed by atoms with van der Waals surface area (Å²) in [6.07, 6.45) is 0. The lowest BCUT2D eigenvalue weighted by Crippen LogP contribution is -2.27. The number of rotatable bonds is 4. The smallest absolute Gasteiger partial charge is 0.219 e. The molecule has 4 aromatic rings. The van der Waals surface area contributed by atoms with Crippen molar-refractivity contribution in [2.45, 2.75) is 45.4 Å². The quantitative estimate of drug-likeness (QED) is 0.363. The summed E-state index contributed by atoms with van der Waals surface area (Å²) in [5.41, 5.74) is 3.58. The summed E-state index contributed by atoms with van der Waals surface area (Å²) >= 11 is 1.32. The predicted molar refractivity (Wildman–Crippen MR) is 130 cm³/mol. The molecule has 0 bridgehead atoms. The molecule has 0 aliphatic rings. The molecular formula is C25H27N3O2S. The molecule has 5 nitrogen and oxygen atoms in total. The van der Waals surface area contributed by atoms with E-state index in [4.69, 9.17) is 14.4 Å². The van der Waals surface area contributed by atoms with Gasteiger partial charge in [0.05, 0.1) is 11.0 Å². The van der Waals surface area contributed by atoms with E-state index in [9.17, 15) is 4.79 Å².